The molecule has 1 aliphatic rings. The van der Waals surface area contributed by atoms with Gasteiger partial charge in [-0.3, -0.25) is 0 Å². The van der Waals surface area contributed by atoms with Crippen LogP contribution in [0.2, 0.25) is 0 Å². The summed E-state index contributed by atoms with van der Waals surface area (Å²) < 4.78 is 6.53. The number of nitrogens with zero attached hydrogens (tertiary/aromatic N) is 1. The van der Waals surface area contributed by atoms with Gasteiger partial charge in [-0.05, 0) is 56.9 Å². The third-order valence-corrected chi connectivity index (χ3v) is 4.40. The SMILES string of the molecule is Cc1cc2c(cc1Br)C(N)CCN(C(=O)OC(C)(C)C)C2. The molecule has 0 spiro atoms. The van der Waals surface area contributed by atoms with Crippen LogP contribution >= 0.6 is 15.9 Å². The van der Waals surface area contributed by atoms with E-state index in [1.54, 1.807) is 4.90 Å². The summed E-state index contributed by atoms with van der Waals surface area (Å²) in [5.41, 5.74) is 9.13. The van der Waals surface area contributed by atoms with Gasteiger partial charge in [-0.1, -0.05) is 22.0 Å². The zero-order valence-corrected chi connectivity index (χ0v) is 14.7. The topological polar surface area (TPSA) is 55.6 Å². The van der Waals surface area contributed by atoms with Gasteiger partial charge in [0.25, 0.3) is 0 Å². The molecule has 0 saturated heterocycles. The van der Waals surface area contributed by atoms with Crippen LogP contribution in [0, 0.1) is 6.92 Å². The molecule has 4 nitrogen and oxygen atoms in total. The second kappa shape index (κ2) is 5.97. The third kappa shape index (κ3) is 3.98. The maximum Gasteiger partial charge on any atom is 0.410 e. The Kier molecular flexibility index (Phi) is 4.63. The highest BCUT2D eigenvalue weighted by Gasteiger charge is 2.27. The van der Waals surface area contributed by atoms with Gasteiger partial charge in [-0.15, -0.1) is 0 Å². The Balaban J connectivity index is 2.27. The van der Waals surface area contributed by atoms with Gasteiger partial charge in [-0.2, -0.15) is 0 Å². The first-order chi connectivity index (χ1) is 9.67. The zero-order chi connectivity index (χ0) is 15.8. The molecule has 0 bridgehead atoms. The lowest BCUT2D eigenvalue weighted by atomic mass is 9.98. The van der Waals surface area contributed by atoms with E-state index in [2.05, 4.69) is 28.1 Å². The number of fused-ring (bicyclic) bond motifs is 1. The molecule has 1 heterocycles. The molecule has 1 amide bonds. The van der Waals surface area contributed by atoms with Crippen LogP contribution in [0.1, 0.15) is 49.9 Å². The smallest absolute Gasteiger partial charge is 0.410 e. The van der Waals surface area contributed by atoms with Crippen molar-refractivity contribution < 1.29 is 9.53 Å². The van der Waals surface area contributed by atoms with Crippen LogP contribution in [0.25, 0.3) is 0 Å². The summed E-state index contributed by atoms with van der Waals surface area (Å²) in [6, 6.07) is 4.12. The molecule has 5 heteroatoms. The third-order valence-electron chi connectivity index (χ3n) is 3.54. The van der Waals surface area contributed by atoms with Gasteiger partial charge in [0.2, 0.25) is 0 Å². The maximum absolute atomic E-state index is 12.3. The molecule has 1 aromatic rings. The monoisotopic (exact) mass is 354 g/mol. The van der Waals surface area contributed by atoms with Crippen molar-refractivity contribution in [2.75, 3.05) is 6.54 Å². The summed E-state index contributed by atoms with van der Waals surface area (Å²) in [6.45, 7) is 8.84. The summed E-state index contributed by atoms with van der Waals surface area (Å²) in [5, 5.41) is 0. The number of rotatable bonds is 0. The summed E-state index contributed by atoms with van der Waals surface area (Å²) in [7, 11) is 0. The van der Waals surface area contributed by atoms with E-state index in [0.29, 0.717) is 13.1 Å². The molecular weight excluding hydrogens is 332 g/mol. The van der Waals surface area contributed by atoms with E-state index < -0.39 is 5.60 Å². The minimum Gasteiger partial charge on any atom is -0.444 e. The highest BCUT2D eigenvalue weighted by molar-refractivity contribution is 9.10. The number of hydrogen-bond donors (Lipinski definition) is 1. The van der Waals surface area contributed by atoms with Crippen molar-refractivity contribution in [3.63, 3.8) is 0 Å². The fraction of sp³-hybridized carbons (Fsp3) is 0.562. The van der Waals surface area contributed by atoms with E-state index in [0.717, 1.165) is 27.6 Å². The number of aryl methyl sites for hydroxylation is 1. The van der Waals surface area contributed by atoms with E-state index in [1.165, 1.54) is 0 Å². The standard InChI is InChI=1S/C16H23BrN2O2/c1-10-7-11-9-19(15(20)21-16(2,3)4)6-5-14(18)12(11)8-13(10)17/h7-8,14H,5-6,9,18H2,1-4H3. The molecule has 2 rings (SSSR count). The normalized spacial score (nSPS) is 19.0. The number of benzene rings is 1. The largest absolute Gasteiger partial charge is 0.444 e. The summed E-state index contributed by atoms with van der Waals surface area (Å²) in [4.78, 5) is 14.0. The second-order valence-electron chi connectivity index (χ2n) is 6.60. The Bertz CT molecular complexity index is 552. The van der Waals surface area contributed by atoms with Crippen molar-refractivity contribution in [3.05, 3.63) is 33.3 Å². The molecule has 0 saturated carbocycles. The number of ether oxygens (including phenoxy) is 1. The molecule has 0 aromatic heterocycles. The molecule has 1 unspecified atom stereocenters. The average molecular weight is 355 g/mol. The van der Waals surface area contributed by atoms with Crippen LogP contribution in [0.5, 0.6) is 0 Å². The number of hydrogen-bond acceptors (Lipinski definition) is 3. The van der Waals surface area contributed by atoms with E-state index in [4.69, 9.17) is 10.5 Å². The van der Waals surface area contributed by atoms with Gasteiger partial charge in [0.05, 0.1) is 0 Å². The van der Waals surface area contributed by atoms with E-state index in [9.17, 15) is 4.79 Å². The summed E-state index contributed by atoms with van der Waals surface area (Å²) >= 11 is 3.55. The van der Waals surface area contributed by atoms with Gasteiger partial charge >= 0.3 is 6.09 Å². The predicted molar refractivity (Wildman–Crippen MR) is 87.1 cm³/mol. The number of halogens is 1. The van der Waals surface area contributed by atoms with Gasteiger partial charge in [0, 0.05) is 23.6 Å². The average Bonchev–Trinajstić information content (AvgIpc) is 2.49. The maximum atomic E-state index is 12.3. The van der Waals surface area contributed by atoms with Gasteiger partial charge in [0.1, 0.15) is 5.60 Å². The summed E-state index contributed by atoms with van der Waals surface area (Å²) in [6.07, 6.45) is 0.463. The van der Waals surface area contributed by atoms with E-state index in [1.807, 2.05) is 27.7 Å². The van der Waals surface area contributed by atoms with Gasteiger partial charge in [0.15, 0.2) is 0 Å². The Morgan fingerprint density at radius 2 is 2.10 bits per heavy atom. The van der Waals surface area contributed by atoms with Crippen LogP contribution < -0.4 is 5.73 Å². The van der Waals surface area contributed by atoms with Crippen molar-refractivity contribution in [1.29, 1.82) is 0 Å². The fourth-order valence-electron chi connectivity index (χ4n) is 2.46. The molecule has 1 aromatic carbocycles. The minimum absolute atomic E-state index is 0.0515. The first kappa shape index (κ1) is 16.3. The predicted octanol–water partition coefficient (Wildman–Crippen LogP) is 3.90. The molecule has 2 N–H and O–H groups in total. The van der Waals surface area contributed by atoms with Crippen molar-refractivity contribution in [2.45, 2.75) is 52.3 Å². The zero-order valence-electron chi connectivity index (χ0n) is 13.1. The van der Waals surface area contributed by atoms with Gasteiger partial charge < -0.3 is 15.4 Å². The Morgan fingerprint density at radius 3 is 2.71 bits per heavy atom. The van der Waals surface area contributed by atoms with Crippen LogP contribution in [-0.2, 0) is 11.3 Å². The molecular formula is C16H23BrN2O2. The lowest BCUT2D eigenvalue weighted by molar-refractivity contribution is 0.0235. The Hall–Kier alpha value is -1.07. The molecule has 1 atom stereocenters. The quantitative estimate of drug-likeness (QED) is 0.768. The van der Waals surface area contributed by atoms with Crippen molar-refractivity contribution in [2.24, 2.45) is 5.73 Å². The molecule has 0 aliphatic carbocycles. The van der Waals surface area contributed by atoms with Crippen molar-refractivity contribution >= 4 is 22.0 Å². The first-order valence-electron chi connectivity index (χ1n) is 7.20. The number of carbonyl (C=O) groups is 1. The Morgan fingerprint density at radius 1 is 1.43 bits per heavy atom. The Labute approximate surface area is 134 Å². The number of amides is 1. The lowest BCUT2D eigenvalue weighted by Gasteiger charge is -2.26. The molecule has 21 heavy (non-hydrogen) atoms. The molecule has 116 valence electrons. The fourth-order valence-corrected chi connectivity index (χ4v) is 2.82. The first-order valence-corrected chi connectivity index (χ1v) is 7.99. The second-order valence-corrected chi connectivity index (χ2v) is 7.45. The van der Waals surface area contributed by atoms with Crippen molar-refractivity contribution in [1.82, 2.24) is 4.90 Å². The van der Waals surface area contributed by atoms with Crippen LogP contribution in [0.15, 0.2) is 16.6 Å². The highest BCUT2D eigenvalue weighted by Crippen LogP contribution is 2.30. The van der Waals surface area contributed by atoms with Crippen LogP contribution in [0.4, 0.5) is 4.79 Å². The van der Waals surface area contributed by atoms with Crippen molar-refractivity contribution in [3.8, 4) is 0 Å². The lowest BCUT2D eigenvalue weighted by Crippen LogP contribution is -2.36. The molecule has 0 radical (unpaired) electrons. The summed E-state index contributed by atoms with van der Waals surface area (Å²) in [5.74, 6) is 0. The molecule has 1 aliphatic heterocycles. The van der Waals surface area contributed by atoms with E-state index in [-0.39, 0.29) is 12.1 Å². The van der Waals surface area contributed by atoms with Gasteiger partial charge in [-0.25, -0.2) is 4.79 Å². The minimum atomic E-state index is -0.482. The highest BCUT2D eigenvalue weighted by atomic mass is 79.9. The number of nitrogens with two attached hydrogens (primary N) is 1. The number of carbonyl (C=O) groups excluding carboxylic acids is 1. The van der Waals surface area contributed by atoms with E-state index >= 15 is 0 Å². The van der Waals surface area contributed by atoms with Crippen LogP contribution in [-0.4, -0.2) is 23.1 Å². The molecule has 0 fully saturated rings. The van der Waals surface area contributed by atoms with Crippen LogP contribution in [0.3, 0.4) is 0 Å².